The highest BCUT2D eigenvalue weighted by Gasteiger charge is 2.25. The number of nitrogens with zero attached hydrogens (tertiary/aromatic N) is 1. The molecule has 2 rings (SSSR count). The molecule has 104 valence electrons. The third-order valence-corrected chi connectivity index (χ3v) is 3.74. The second kappa shape index (κ2) is 6.15. The maximum atomic E-state index is 13.8. The highest BCUT2D eigenvalue weighted by molar-refractivity contribution is 5.94. The van der Waals surface area contributed by atoms with Gasteiger partial charge in [0.15, 0.2) is 0 Å². The first-order chi connectivity index (χ1) is 9.11. The molecule has 1 heterocycles. The number of aryl methyl sites for hydroxylation is 1. The lowest BCUT2D eigenvalue weighted by molar-refractivity contribution is 0.0665. The molecule has 0 aromatic heterocycles. The Morgan fingerprint density at radius 3 is 3.00 bits per heavy atom. The second-order valence-electron chi connectivity index (χ2n) is 5.32. The van der Waals surface area contributed by atoms with Crippen molar-refractivity contribution in [2.24, 2.45) is 11.7 Å². The fraction of sp³-hybridized carbons (Fsp3) is 0.533. The number of hydrogen-bond donors (Lipinski definition) is 1. The summed E-state index contributed by atoms with van der Waals surface area (Å²) in [4.78, 5) is 14.1. The van der Waals surface area contributed by atoms with Gasteiger partial charge in [-0.25, -0.2) is 4.39 Å². The third-order valence-electron chi connectivity index (χ3n) is 3.74. The van der Waals surface area contributed by atoms with Crippen molar-refractivity contribution in [3.8, 4) is 0 Å². The van der Waals surface area contributed by atoms with Gasteiger partial charge in [-0.2, -0.15) is 0 Å². The minimum atomic E-state index is -0.425. The van der Waals surface area contributed by atoms with E-state index in [0.29, 0.717) is 25.6 Å². The van der Waals surface area contributed by atoms with Crippen LogP contribution in [-0.2, 0) is 0 Å². The first kappa shape index (κ1) is 14.0. The molecule has 0 radical (unpaired) electrons. The van der Waals surface area contributed by atoms with Crippen LogP contribution in [0.15, 0.2) is 18.2 Å². The van der Waals surface area contributed by atoms with Gasteiger partial charge in [0.05, 0.1) is 5.56 Å². The number of nitrogens with two attached hydrogens (primary N) is 1. The summed E-state index contributed by atoms with van der Waals surface area (Å²) >= 11 is 0. The van der Waals surface area contributed by atoms with Gasteiger partial charge in [0.2, 0.25) is 0 Å². The molecular weight excluding hydrogens is 243 g/mol. The van der Waals surface area contributed by atoms with Crippen LogP contribution in [0.4, 0.5) is 4.39 Å². The molecule has 19 heavy (non-hydrogen) atoms. The van der Waals surface area contributed by atoms with E-state index in [9.17, 15) is 9.18 Å². The average Bonchev–Trinajstić information content (AvgIpc) is 2.39. The van der Waals surface area contributed by atoms with Crippen LogP contribution in [0.25, 0.3) is 0 Å². The Kier molecular flexibility index (Phi) is 4.53. The quantitative estimate of drug-likeness (QED) is 0.910. The summed E-state index contributed by atoms with van der Waals surface area (Å²) < 4.78 is 13.8. The largest absolute Gasteiger partial charge is 0.338 e. The number of carbonyl (C=O) groups excluding carboxylic acids is 1. The Hall–Kier alpha value is -1.42. The van der Waals surface area contributed by atoms with Crippen LogP contribution >= 0.6 is 0 Å². The second-order valence-corrected chi connectivity index (χ2v) is 5.32. The summed E-state index contributed by atoms with van der Waals surface area (Å²) in [5.74, 6) is -0.165. The van der Waals surface area contributed by atoms with Gasteiger partial charge in [-0.05, 0) is 56.3 Å². The summed E-state index contributed by atoms with van der Waals surface area (Å²) in [6.07, 6.45) is 3.02. The average molecular weight is 264 g/mol. The van der Waals surface area contributed by atoms with E-state index in [2.05, 4.69) is 0 Å². The molecule has 1 saturated heterocycles. The van der Waals surface area contributed by atoms with Gasteiger partial charge in [0.1, 0.15) is 5.82 Å². The van der Waals surface area contributed by atoms with Crippen LogP contribution in [0, 0.1) is 18.7 Å². The zero-order valence-corrected chi connectivity index (χ0v) is 11.4. The Bertz CT molecular complexity index is 459. The van der Waals surface area contributed by atoms with E-state index >= 15 is 0 Å². The van der Waals surface area contributed by atoms with Crippen molar-refractivity contribution in [3.05, 3.63) is 35.1 Å². The number of likely N-dealkylation sites (tertiary alicyclic amines) is 1. The van der Waals surface area contributed by atoms with Crippen LogP contribution in [0.5, 0.6) is 0 Å². The van der Waals surface area contributed by atoms with Crippen molar-refractivity contribution < 1.29 is 9.18 Å². The van der Waals surface area contributed by atoms with E-state index in [1.807, 2.05) is 6.92 Å². The number of halogens is 1. The first-order valence-electron chi connectivity index (χ1n) is 6.87. The molecule has 1 aromatic rings. The SMILES string of the molecule is Cc1ccc(C(=O)N2CCCC(CCN)C2)c(F)c1. The molecule has 1 atom stereocenters. The number of hydrogen-bond acceptors (Lipinski definition) is 2. The van der Waals surface area contributed by atoms with E-state index in [1.54, 1.807) is 17.0 Å². The lowest BCUT2D eigenvalue weighted by Crippen LogP contribution is -2.40. The maximum absolute atomic E-state index is 13.8. The van der Waals surface area contributed by atoms with E-state index in [0.717, 1.165) is 24.8 Å². The zero-order chi connectivity index (χ0) is 13.8. The number of rotatable bonds is 3. The van der Waals surface area contributed by atoms with Crippen molar-refractivity contribution in [1.29, 1.82) is 0 Å². The molecule has 0 saturated carbocycles. The minimum absolute atomic E-state index is 0.180. The van der Waals surface area contributed by atoms with E-state index in [4.69, 9.17) is 5.73 Å². The summed E-state index contributed by atoms with van der Waals surface area (Å²) in [5.41, 5.74) is 6.58. The molecule has 1 aliphatic rings. The first-order valence-corrected chi connectivity index (χ1v) is 6.87. The Morgan fingerprint density at radius 1 is 1.53 bits per heavy atom. The van der Waals surface area contributed by atoms with Gasteiger partial charge < -0.3 is 10.6 Å². The third kappa shape index (κ3) is 3.32. The molecule has 3 nitrogen and oxygen atoms in total. The molecule has 0 aliphatic carbocycles. The van der Waals surface area contributed by atoms with Gasteiger partial charge in [-0.3, -0.25) is 4.79 Å². The van der Waals surface area contributed by atoms with Gasteiger partial charge in [-0.1, -0.05) is 6.07 Å². The van der Waals surface area contributed by atoms with Crippen molar-refractivity contribution in [2.45, 2.75) is 26.2 Å². The Balaban J connectivity index is 2.10. The molecule has 2 N–H and O–H groups in total. The zero-order valence-electron chi connectivity index (χ0n) is 11.4. The monoisotopic (exact) mass is 264 g/mol. The van der Waals surface area contributed by atoms with Crippen LogP contribution in [0.2, 0.25) is 0 Å². The number of piperidine rings is 1. The van der Waals surface area contributed by atoms with Crippen LogP contribution in [0.1, 0.15) is 35.2 Å². The van der Waals surface area contributed by atoms with Gasteiger partial charge in [0.25, 0.3) is 5.91 Å². The summed E-state index contributed by atoms with van der Waals surface area (Å²) in [7, 11) is 0. The normalized spacial score (nSPS) is 19.5. The number of benzene rings is 1. The Labute approximate surface area is 113 Å². The Morgan fingerprint density at radius 2 is 2.32 bits per heavy atom. The fourth-order valence-electron chi connectivity index (χ4n) is 2.68. The van der Waals surface area contributed by atoms with Crippen LogP contribution in [0.3, 0.4) is 0 Å². The van der Waals surface area contributed by atoms with Crippen molar-refractivity contribution in [3.63, 3.8) is 0 Å². The van der Waals surface area contributed by atoms with E-state index in [1.165, 1.54) is 6.07 Å². The molecule has 4 heteroatoms. The molecule has 0 spiro atoms. The predicted octanol–water partition coefficient (Wildman–Crippen LogP) is 2.34. The summed E-state index contributed by atoms with van der Waals surface area (Å²) in [5, 5.41) is 0. The molecule has 1 fully saturated rings. The number of amides is 1. The minimum Gasteiger partial charge on any atom is -0.338 e. The maximum Gasteiger partial charge on any atom is 0.256 e. The predicted molar refractivity (Wildman–Crippen MR) is 73.4 cm³/mol. The van der Waals surface area contributed by atoms with Crippen molar-refractivity contribution >= 4 is 5.91 Å². The molecule has 0 bridgehead atoms. The van der Waals surface area contributed by atoms with Gasteiger partial charge in [-0.15, -0.1) is 0 Å². The summed E-state index contributed by atoms with van der Waals surface area (Å²) in [6.45, 7) is 3.87. The van der Waals surface area contributed by atoms with Crippen molar-refractivity contribution in [1.82, 2.24) is 4.90 Å². The van der Waals surface area contributed by atoms with E-state index in [-0.39, 0.29) is 11.5 Å². The lowest BCUT2D eigenvalue weighted by atomic mass is 9.94. The smallest absolute Gasteiger partial charge is 0.256 e. The summed E-state index contributed by atoms with van der Waals surface area (Å²) in [6, 6.07) is 4.77. The van der Waals surface area contributed by atoms with Gasteiger partial charge in [0, 0.05) is 13.1 Å². The molecule has 1 amide bonds. The van der Waals surface area contributed by atoms with Crippen LogP contribution in [-0.4, -0.2) is 30.4 Å². The van der Waals surface area contributed by atoms with Crippen LogP contribution < -0.4 is 5.73 Å². The highest BCUT2D eigenvalue weighted by atomic mass is 19.1. The number of carbonyl (C=O) groups is 1. The molecule has 1 unspecified atom stereocenters. The topological polar surface area (TPSA) is 46.3 Å². The van der Waals surface area contributed by atoms with E-state index < -0.39 is 5.82 Å². The fourth-order valence-corrected chi connectivity index (χ4v) is 2.68. The molecule has 1 aliphatic heterocycles. The highest BCUT2D eigenvalue weighted by Crippen LogP contribution is 2.21. The standard InChI is InChI=1S/C15H21FN2O/c1-11-4-5-13(14(16)9-11)15(19)18-8-2-3-12(10-18)6-7-17/h4-5,9,12H,2-3,6-8,10,17H2,1H3. The molecular formula is C15H21FN2O. The molecule has 1 aromatic carbocycles. The van der Waals surface area contributed by atoms with Gasteiger partial charge >= 0.3 is 0 Å². The lowest BCUT2D eigenvalue weighted by Gasteiger charge is -2.32. The van der Waals surface area contributed by atoms with Crippen molar-refractivity contribution in [2.75, 3.05) is 19.6 Å².